The molecule has 0 aromatic heterocycles. The number of hydrogen-bond acceptors (Lipinski definition) is 4. The Balaban J connectivity index is 1.90. The van der Waals surface area contributed by atoms with Crippen molar-refractivity contribution in [1.82, 2.24) is 10.2 Å². The van der Waals surface area contributed by atoms with Crippen molar-refractivity contribution in [1.29, 1.82) is 0 Å². The van der Waals surface area contributed by atoms with Gasteiger partial charge in [0.2, 0.25) is 0 Å². The Kier molecular flexibility index (Phi) is 7.53. The summed E-state index contributed by atoms with van der Waals surface area (Å²) >= 11 is 0. The summed E-state index contributed by atoms with van der Waals surface area (Å²) in [5, 5.41) is 3.09. The van der Waals surface area contributed by atoms with Gasteiger partial charge in [-0.3, -0.25) is 4.90 Å². The second-order valence-corrected chi connectivity index (χ2v) is 6.78. The molecule has 1 aromatic rings. The standard InChI is InChI=1S/C19H31N3O2/c1-15(2)22(13-12-20)18-11-7-6-10-17(18)21-19(23)24-14-16-8-4-3-5-9-16/h3-5,8-9,15,17-18H,6-7,10-14,20H2,1-2H3,(H,21,23)/t17-,18+/m0/s1. The van der Waals surface area contributed by atoms with Gasteiger partial charge in [0.25, 0.3) is 0 Å². The van der Waals surface area contributed by atoms with Crippen LogP contribution in [0.5, 0.6) is 0 Å². The number of nitrogens with zero attached hydrogens (tertiary/aromatic N) is 1. The van der Waals surface area contributed by atoms with Gasteiger partial charge in [-0.05, 0) is 32.3 Å². The fraction of sp³-hybridized carbons (Fsp3) is 0.632. The smallest absolute Gasteiger partial charge is 0.407 e. The summed E-state index contributed by atoms with van der Waals surface area (Å²) in [6, 6.07) is 10.6. The minimum Gasteiger partial charge on any atom is -0.445 e. The van der Waals surface area contributed by atoms with E-state index in [0.717, 1.165) is 31.4 Å². The van der Waals surface area contributed by atoms with Crippen LogP contribution in [0.25, 0.3) is 0 Å². The first-order valence-electron chi connectivity index (χ1n) is 9.05. The average molecular weight is 333 g/mol. The fourth-order valence-electron chi connectivity index (χ4n) is 3.55. The molecule has 0 aliphatic heterocycles. The molecule has 2 atom stereocenters. The summed E-state index contributed by atoms with van der Waals surface area (Å²) in [7, 11) is 0. The maximum atomic E-state index is 12.2. The summed E-state index contributed by atoms with van der Waals surface area (Å²) in [4.78, 5) is 14.6. The summed E-state index contributed by atoms with van der Waals surface area (Å²) < 4.78 is 5.39. The molecule has 0 unspecified atom stereocenters. The number of ether oxygens (including phenoxy) is 1. The monoisotopic (exact) mass is 333 g/mol. The van der Waals surface area contributed by atoms with E-state index in [2.05, 4.69) is 24.1 Å². The maximum Gasteiger partial charge on any atom is 0.407 e. The first-order chi connectivity index (χ1) is 11.6. The molecule has 1 amide bonds. The molecule has 134 valence electrons. The summed E-state index contributed by atoms with van der Waals surface area (Å²) in [5.41, 5.74) is 6.78. The van der Waals surface area contributed by atoms with E-state index >= 15 is 0 Å². The molecule has 2 rings (SSSR count). The van der Waals surface area contributed by atoms with Crippen LogP contribution in [0, 0.1) is 0 Å². The number of carbonyl (C=O) groups excluding carboxylic acids is 1. The minimum absolute atomic E-state index is 0.135. The van der Waals surface area contributed by atoms with Gasteiger partial charge >= 0.3 is 6.09 Å². The van der Waals surface area contributed by atoms with Crippen LogP contribution in [0.2, 0.25) is 0 Å². The Morgan fingerprint density at radius 3 is 2.67 bits per heavy atom. The van der Waals surface area contributed by atoms with Gasteiger partial charge in [0, 0.05) is 31.2 Å². The molecular formula is C19H31N3O2. The topological polar surface area (TPSA) is 67.6 Å². The van der Waals surface area contributed by atoms with Crippen LogP contribution in [-0.4, -0.2) is 42.2 Å². The van der Waals surface area contributed by atoms with Crippen LogP contribution in [0.3, 0.4) is 0 Å². The van der Waals surface area contributed by atoms with Crippen molar-refractivity contribution < 1.29 is 9.53 Å². The number of benzene rings is 1. The SMILES string of the molecule is CC(C)N(CCN)[C@@H]1CCCC[C@@H]1NC(=O)OCc1ccccc1. The Morgan fingerprint density at radius 1 is 1.29 bits per heavy atom. The van der Waals surface area contributed by atoms with Crippen molar-refractivity contribution in [2.45, 2.75) is 64.3 Å². The zero-order valence-corrected chi connectivity index (χ0v) is 14.9. The van der Waals surface area contributed by atoms with Gasteiger partial charge in [-0.1, -0.05) is 43.2 Å². The van der Waals surface area contributed by atoms with Crippen molar-refractivity contribution in [2.75, 3.05) is 13.1 Å². The van der Waals surface area contributed by atoms with E-state index in [-0.39, 0.29) is 12.1 Å². The van der Waals surface area contributed by atoms with Crippen molar-refractivity contribution in [2.24, 2.45) is 5.73 Å². The first-order valence-corrected chi connectivity index (χ1v) is 9.05. The van der Waals surface area contributed by atoms with Gasteiger partial charge in [0.15, 0.2) is 0 Å². The second kappa shape index (κ2) is 9.64. The number of alkyl carbamates (subject to hydrolysis) is 1. The molecule has 0 heterocycles. The van der Waals surface area contributed by atoms with Gasteiger partial charge < -0.3 is 15.8 Å². The lowest BCUT2D eigenvalue weighted by Gasteiger charge is -2.42. The highest BCUT2D eigenvalue weighted by atomic mass is 16.5. The van der Waals surface area contributed by atoms with E-state index in [4.69, 9.17) is 10.5 Å². The highest BCUT2D eigenvalue weighted by Crippen LogP contribution is 2.25. The van der Waals surface area contributed by atoms with E-state index < -0.39 is 0 Å². The highest BCUT2D eigenvalue weighted by Gasteiger charge is 2.32. The highest BCUT2D eigenvalue weighted by molar-refractivity contribution is 5.67. The normalized spacial score (nSPS) is 21.0. The Labute approximate surface area is 145 Å². The summed E-state index contributed by atoms with van der Waals surface area (Å²) in [6.45, 7) is 6.18. The first kappa shape index (κ1) is 18.7. The van der Waals surface area contributed by atoms with Crippen molar-refractivity contribution in [3.05, 3.63) is 35.9 Å². The third-order valence-electron chi connectivity index (χ3n) is 4.72. The molecule has 3 N–H and O–H groups in total. The zero-order chi connectivity index (χ0) is 17.4. The quantitative estimate of drug-likeness (QED) is 0.805. The molecule has 0 radical (unpaired) electrons. The van der Waals surface area contributed by atoms with Crippen LogP contribution in [0.4, 0.5) is 4.79 Å². The van der Waals surface area contributed by atoms with Crippen molar-refractivity contribution in [3.63, 3.8) is 0 Å². The Hall–Kier alpha value is -1.59. The second-order valence-electron chi connectivity index (χ2n) is 6.78. The molecular weight excluding hydrogens is 302 g/mol. The molecule has 0 saturated heterocycles. The number of nitrogens with one attached hydrogen (secondary N) is 1. The lowest BCUT2D eigenvalue weighted by atomic mass is 9.88. The molecule has 0 spiro atoms. The maximum absolute atomic E-state index is 12.2. The summed E-state index contributed by atoms with van der Waals surface area (Å²) in [6.07, 6.45) is 4.12. The van der Waals surface area contributed by atoms with Crippen LogP contribution in [0.15, 0.2) is 30.3 Å². The minimum atomic E-state index is -0.327. The van der Waals surface area contributed by atoms with Gasteiger partial charge in [0.1, 0.15) is 6.61 Å². The fourth-order valence-corrected chi connectivity index (χ4v) is 3.55. The van der Waals surface area contributed by atoms with Crippen LogP contribution < -0.4 is 11.1 Å². The molecule has 1 fully saturated rings. The Bertz CT molecular complexity index is 493. The number of carbonyl (C=O) groups is 1. The van der Waals surface area contributed by atoms with Crippen LogP contribution >= 0.6 is 0 Å². The Morgan fingerprint density at radius 2 is 2.00 bits per heavy atom. The third-order valence-corrected chi connectivity index (χ3v) is 4.72. The van der Waals surface area contributed by atoms with Gasteiger partial charge in [-0.2, -0.15) is 0 Å². The number of amides is 1. The van der Waals surface area contributed by atoms with Crippen molar-refractivity contribution >= 4 is 6.09 Å². The molecule has 24 heavy (non-hydrogen) atoms. The van der Waals surface area contributed by atoms with Gasteiger partial charge in [0.05, 0.1) is 0 Å². The van der Waals surface area contributed by atoms with Crippen LogP contribution in [0.1, 0.15) is 45.1 Å². The molecule has 5 heteroatoms. The van der Waals surface area contributed by atoms with E-state index in [9.17, 15) is 4.79 Å². The predicted molar refractivity (Wildman–Crippen MR) is 96.7 cm³/mol. The number of hydrogen-bond donors (Lipinski definition) is 2. The molecule has 1 saturated carbocycles. The lowest BCUT2D eigenvalue weighted by molar-refractivity contribution is 0.0832. The molecule has 5 nitrogen and oxygen atoms in total. The summed E-state index contributed by atoms with van der Waals surface area (Å²) in [5.74, 6) is 0. The lowest BCUT2D eigenvalue weighted by Crippen LogP contribution is -2.56. The molecule has 1 aliphatic rings. The van der Waals surface area contributed by atoms with E-state index in [1.165, 1.54) is 6.42 Å². The van der Waals surface area contributed by atoms with Gasteiger partial charge in [-0.25, -0.2) is 4.79 Å². The van der Waals surface area contributed by atoms with Crippen molar-refractivity contribution in [3.8, 4) is 0 Å². The third kappa shape index (κ3) is 5.49. The van der Waals surface area contributed by atoms with Gasteiger partial charge in [-0.15, -0.1) is 0 Å². The number of rotatable bonds is 7. The van der Waals surface area contributed by atoms with E-state index in [0.29, 0.717) is 25.2 Å². The molecule has 0 bridgehead atoms. The largest absolute Gasteiger partial charge is 0.445 e. The van der Waals surface area contributed by atoms with E-state index in [1.807, 2.05) is 30.3 Å². The number of nitrogens with two attached hydrogens (primary N) is 1. The zero-order valence-electron chi connectivity index (χ0n) is 14.9. The molecule has 1 aliphatic carbocycles. The van der Waals surface area contributed by atoms with Crippen LogP contribution in [-0.2, 0) is 11.3 Å². The predicted octanol–water partition coefficient (Wildman–Crippen LogP) is 2.89. The molecule has 1 aromatic carbocycles. The van der Waals surface area contributed by atoms with E-state index in [1.54, 1.807) is 0 Å². The average Bonchev–Trinajstić information content (AvgIpc) is 2.59.